The van der Waals surface area contributed by atoms with Crippen molar-refractivity contribution in [2.45, 2.75) is 25.5 Å². The number of aromatic nitrogens is 4. The number of hydrogen-bond donors (Lipinski definition) is 1. The van der Waals surface area contributed by atoms with Gasteiger partial charge in [-0.3, -0.25) is 4.79 Å². The fourth-order valence-corrected chi connectivity index (χ4v) is 4.33. The topological polar surface area (TPSA) is 111 Å². The third kappa shape index (κ3) is 4.56. The van der Waals surface area contributed by atoms with Gasteiger partial charge in [0.2, 0.25) is 5.91 Å². The van der Waals surface area contributed by atoms with Crippen LogP contribution in [0.4, 0.5) is 5.82 Å². The summed E-state index contributed by atoms with van der Waals surface area (Å²) in [5.41, 5.74) is 3.07. The third-order valence-corrected chi connectivity index (χ3v) is 6.63. The minimum absolute atomic E-state index is 0.115. The second kappa shape index (κ2) is 9.89. The van der Waals surface area contributed by atoms with E-state index in [2.05, 4.69) is 21.6 Å². The SMILES string of the molecule is COc1ccc(-c2nnc(SCC(=O)Nc3c(C#N)c(C)c(C)n3Cc3ccco3)n2C)cc1. The van der Waals surface area contributed by atoms with Crippen LogP contribution in [-0.4, -0.2) is 38.1 Å². The van der Waals surface area contributed by atoms with E-state index in [9.17, 15) is 10.1 Å². The predicted octanol–water partition coefficient (Wildman–Crippen LogP) is 4.15. The minimum atomic E-state index is -0.242. The summed E-state index contributed by atoms with van der Waals surface area (Å²) in [5, 5.41) is 21.7. The van der Waals surface area contributed by atoms with Crippen LogP contribution in [0.15, 0.2) is 52.2 Å². The van der Waals surface area contributed by atoms with E-state index in [-0.39, 0.29) is 11.7 Å². The predicted molar refractivity (Wildman–Crippen MR) is 129 cm³/mol. The molecule has 34 heavy (non-hydrogen) atoms. The molecule has 0 saturated carbocycles. The largest absolute Gasteiger partial charge is 0.497 e. The Morgan fingerprint density at radius 2 is 2.00 bits per heavy atom. The van der Waals surface area contributed by atoms with Gasteiger partial charge >= 0.3 is 0 Å². The lowest BCUT2D eigenvalue weighted by Gasteiger charge is -2.12. The summed E-state index contributed by atoms with van der Waals surface area (Å²) in [7, 11) is 3.47. The van der Waals surface area contributed by atoms with Crippen LogP contribution in [0.2, 0.25) is 0 Å². The Balaban J connectivity index is 1.48. The molecule has 4 aromatic rings. The molecule has 10 heteroatoms. The molecule has 3 heterocycles. The smallest absolute Gasteiger partial charge is 0.235 e. The Bertz CT molecular complexity index is 1350. The number of anilines is 1. The molecule has 3 aromatic heterocycles. The average Bonchev–Trinajstić information content (AvgIpc) is 3.54. The fourth-order valence-electron chi connectivity index (χ4n) is 3.62. The highest BCUT2D eigenvalue weighted by molar-refractivity contribution is 7.99. The van der Waals surface area contributed by atoms with Crippen LogP contribution in [0.1, 0.15) is 22.6 Å². The second-order valence-electron chi connectivity index (χ2n) is 7.64. The van der Waals surface area contributed by atoms with Crippen molar-refractivity contribution < 1.29 is 13.9 Å². The molecule has 1 amide bonds. The maximum Gasteiger partial charge on any atom is 0.235 e. The Labute approximate surface area is 201 Å². The normalized spacial score (nSPS) is 10.8. The summed E-state index contributed by atoms with van der Waals surface area (Å²) in [5.74, 6) is 2.53. The van der Waals surface area contributed by atoms with Crippen LogP contribution in [-0.2, 0) is 18.4 Å². The molecule has 1 N–H and O–H groups in total. The molecular formula is C24H24N6O3S. The summed E-state index contributed by atoms with van der Waals surface area (Å²) >= 11 is 1.28. The monoisotopic (exact) mass is 476 g/mol. The lowest BCUT2D eigenvalue weighted by molar-refractivity contribution is -0.113. The maximum absolute atomic E-state index is 12.8. The summed E-state index contributed by atoms with van der Waals surface area (Å²) in [6.07, 6.45) is 1.60. The molecule has 0 bridgehead atoms. The minimum Gasteiger partial charge on any atom is -0.497 e. The van der Waals surface area contributed by atoms with E-state index >= 15 is 0 Å². The number of methoxy groups -OCH3 is 1. The molecule has 0 radical (unpaired) electrons. The lowest BCUT2D eigenvalue weighted by atomic mass is 10.2. The average molecular weight is 477 g/mol. The van der Waals surface area contributed by atoms with Crippen LogP contribution in [0.25, 0.3) is 11.4 Å². The van der Waals surface area contributed by atoms with Crippen molar-refractivity contribution in [2.75, 3.05) is 18.2 Å². The zero-order chi connectivity index (χ0) is 24.2. The molecule has 174 valence electrons. The number of thioether (sulfide) groups is 1. The van der Waals surface area contributed by atoms with Crippen molar-refractivity contribution in [1.29, 1.82) is 5.26 Å². The molecule has 1 aromatic carbocycles. The van der Waals surface area contributed by atoms with E-state index in [1.54, 1.807) is 13.4 Å². The zero-order valence-electron chi connectivity index (χ0n) is 19.3. The Morgan fingerprint density at radius 3 is 2.65 bits per heavy atom. The van der Waals surface area contributed by atoms with E-state index in [0.717, 1.165) is 28.3 Å². The number of benzene rings is 1. The number of hydrogen-bond acceptors (Lipinski definition) is 7. The highest BCUT2D eigenvalue weighted by atomic mass is 32.2. The van der Waals surface area contributed by atoms with Crippen LogP contribution in [0.5, 0.6) is 5.75 Å². The zero-order valence-corrected chi connectivity index (χ0v) is 20.1. The first-order valence-corrected chi connectivity index (χ1v) is 11.5. The molecule has 0 spiro atoms. The molecular weight excluding hydrogens is 452 g/mol. The first kappa shape index (κ1) is 23.2. The number of rotatable bonds is 8. The Kier molecular flexibility index (Phi) is 6.75. The number of amides is 1. The van der Waals surface area contributed by atoms with Gasteiger partial charge in [0.1, 0.15) is 23.4 Å². The molecule has 4 rings (SSSR count). The van der Waals surface area contributed by atoms with Gasteiger partial charge in [-0.15, -0.1) is 10.2 Å². The third-order valence-electron chi connectivity index (χ3n) is 5.61. The molecule has 0 unspecified atom stereocenters. The van der Waals surface area contributed by atoms with Crippen molar-refractivity contribution in [3.8, 4) is 23.2 Å². The summed E-state index contributed by atoms with van der Waals surface area (Å²) in [6.45, 7) is 4.21. The molecule has 0 fully saturated rings. The first-order chi connectivity index (χ1) is 16.4. The van der Waals surface area contributed by atoms with Crippen molar-refractivity contribution in [3.05, 3.63) is 65.2 Å². The van der Waals surface area contributed by atoms with E-state index in [0.29, 0.717) is 28.9 Å². The van der Waals surface area contributed by atoms with E-state index in [4.69, 9.17) is 9.15 Å². The fraction of sp³-hybridized carbons (Fsp3) is 0.250. The highest BCUT2D eigenvalue weighted by Crippen LogP contribution is 2.28. The summed E-state index contributed by atoms with van der Waals surface area (Å²) in [4.78, 5) is 12.8. The van der Waals surface area contributed by atoms with Gasteiger partial charge in [-0.1, -0.05) is 11.8 Å². The Hall–Kier alpha value is -3.97. The summed E-state index contributed by atoms with van der Waals surface area (Å²) in [6, 6.07) is 13.4. The van der Waals surface area contributed by atoms with E-state index in [1.165, 1.54) is 11.8 Å². The number of carbonyl (C=O) groups is 1. The molecule has 0 aliphatic rings. The van der Waals surface area contributed by atoms with Gasteiger partial charge < -0.3 is 23.6 Å². The Morgan fingerprint density at radius 1 is 1.24 bits per heavy atom. The summed E-state index contributed by atoms with van der Waals surface area (Å²) < 4.78 is 14.4. The maximum atomic E-state index is 12.8. The molecule has 0 atom stereocenters. The lowest BCUT2D eigenvalue weighted by Crippen LogP contribution is -2.18. The van der Waals surface area contributed by atoms with E-state index < -0.39 is 0 Å². The quantitative estimate of drug-likeness (QED) is 0.380. The van der Waals surface area contributed by atoms with Gasteiger partial charge in [0.15, 0.2) is 11.0 Å². The van der Waals surface area contributed by atoms with Gasteiger partial charge in [-0.05, 0) is 55.8 Å². The van der Waals surface area contributed by atoms with Gasteiger partial charge in [0, 0.05) is 18.3 Å². The van der Waals surface area contributed by atoms with Crippen molar-refractivity contribution >= 4 is 23.5 Å². The van der Waals surface area contributed by atoms with Crippen LogP contribution in [0.3, 0.4) is 0 Å². The second-order valence-corrected chi connectivity index (χ2v) is 8.58. The number of ether oxygens (including phenoxy) is 1. The van der Waals surface area contributed by atoms with Gasteiger partial charge in [0.25, 0.3) is 0 Å². The molecule has 0 aliphatic heterocycles. The van der Waals surface area contributed by atoms with Gasteiger partial charge in [-0.2, -0.15) is 5.26 Å². The first-order valence-electron chi connectivity index (χ1n) is 10.5. The molecule has 0 aliphatic carbocycles. The number of carbonyl (C=O) groups excluding carboxylic acids is 1. The van der Waals surface area contributed by atoms with E-state index in [1.807, 2.05) is 66.4 Å². The van der Waals surface area contributed by atoms with Crippen molar-refractivity contribution in [2.24, 2.45) is 7.05 Å². The van der Waals surface area contributed by atoms with Gasteiger partial charge in [-0.25, -0.2) is 0 Å². The number of nitrogens with one attached hydrogen (secondary N) is 1. The number of furan rings is 1. The van der Waals surface area contributed by atoms with Crippen molar-refractivity contribution in [1.82, 2.24) is 19.3 Å². The number of nitrogens with zero attached hydrogens (tertiary/aromatic N) is 5. The van der Waals surface area contributed by atoms with Gasteiger partial charge in [0.05, 0.1) is 31.2 Å². The molecule has 9 nitrogen and oxygen atoms in total. The standard InChI is InChI=1S/C24H24N6O3S/c1-15-16(2)30(13-19-6-5-11-33-19)23(20(15)12-25)26-21(31)14-34-24-28-27-22(29(24)3)17-7-9-18(32-4)10-8-17/h5-11H,13-14H2,1-4H3,(H,26,31). The van der Waals surface area contributed by atoms with Crippen molar-refractivity contribution in [3.63, 3.8) is 0 Å². The van der Waals surface area contributed by atoms with Crippen LogP contribution < -0.4 is 10.1 Å². The highest BCUT2D eigenvalue weighted by Gasteiger charge is 2.21. The van der Waals surface area contributed by atoms with Crippen LogP contribution in [0, 0.1) is 25.2 Å². The van der Waals surface area contributed by atoms with Crippen LogP contribution >= 0.6 is 11.8 Å². The molecule has 0 saturated heterocycles. The number of nitriles is 1.